The summed E-state index contributed by atoms with van der Waals surface area (Å²) in [5.41, 5.74) is 0. The molecule has 0 aliphatic rings. The van der Waals surface area contributed by atoms with E-state index in [1.165, 1.54) is 19.1 Å². The van der Waals surface area contributed by atoms with Crippen LogP contribution in [0.5, 0.6) is 0 Å². The minimum Gasteiger partial charge on any atom is -0.250 e. The Morgan fingerprint density at radius 3 is 2.67 bits per heavy atom. The van der Waals surface area contributed by atoms with Crippen LogP contribution in [0.1, 0.15) is 6.92 Å². The molecule has 0 aliphatic heterocycles. The minimum absolute atomic E-state index is 0.451. The van der Waals surface area contributed by atoms with E-state index < -0.39 is 18.4 Å². The maximum Gasteiger partial charge on any atom is 0.105 e. The lowest BCUT2D eigenvalue weighted by molar-refractivity contribution is 0.371. The summed E-state index contributed by atoms with van der Waals surface area (Å²) in [5.74, 6) is -1.07. The lowest BCUT2D eigenvalue weighted by Crippen LogP contribution is -1.95. The average Bonchev–Trinajstić information content (AvgIpc) is 1.87. The zero-order chi connectivity index (χ0) is 7.28. The minimum atomic E-state index is -0.657. The number of rotatable bonds is 3. The number of hydrogen-bond acceptors (Lipinski definition) is 0. The second-order valence-corrected chi connectivity index (χ2v) is 1.84. The molecular weight excluding hydrogens is 122 g/mol. The van der Waals surface area contributed by atoms with Crippen LogP contribution >= 0.6 is 0 Å². The van der Waals surface area contributed by atoms with Gasteiger partial charge in [-0.2, -0.15) is 0 Å². The van der Waals surface area contributed by atoms with Crippen molar-refractivity contribution in [1.82, 2.24) is 0 Å². The van der Waals surface area contributed by atoms with Crippen LogP contribution in [0.3, 0.4) is 0 Å². The highest BCUT2D eigenvalue weighted by Crippen LogP contribution is 2.11. The second kappa shape index (κ2) is 4.24. The van der Waals surface area contributed by atoms with Crippen LogP contribution in [0.4, 0.5) is 8.78 Å². The van der Waals surface area contributed by atoms with E-state index >= 15 is 0 Å². The summed E-state index contributed by atoms with van der Waals surface area (Å²) >= 11 is 0. The molecule has 0 aliphatic carbocycles. The molecule has 0 spiro atoms. The van der Waals surface area contributed by atoms with Gasteiger partial charge in [0.05, 0.1) is 6.67 Å². The average molecular weight is 132 g/mol. The predicted molar refractivity (Wildman–Crippen MR) is 34.5 cm³/mol. The fourth-order valence-electron chi connectivity index (χ4n) is 0.351. The molecule has 0 N–H and O–H groups in total. The fraction of sp³-hybridized carbons (Fsp3) is 0.429. The van der Waals surface area contributed by atoms with E-state index in [0.29, 0.717) is 0 Å². The highest BCUT2D eigenvalue weighted by atomic mass is 19.1. The number of halogens is 2. The van der Waals surface area contributed by atoms with Crippen molar-refractivity contribution in [2.75, 3.05) is 6.67 Å². The van der Waals surface area contributed by atoms with Gasteiger partial charge in [-0.3, -0.25) is 4.39 Å². The van der Waals surface area contributed by atoms with Gasteiger partial charge >= 0.3 is 0 Å². The van der Waals surface area contributed by atoms with Gasteiger partial charge in [-0.05, 0) is 6.08 Å². The molecule has 0 radical (unpaired) electrons. The molecule has 0 saturated carbocycles. The van der Waals surface area contributed by atoms with Crippen LogP contribution in [0.2, 0.25) is 0 Å². The Balaban J connectivity index is 3.84. The van der Waals surface area contributed by atoms with Crippen LogP contribution in [0.25, 0.3) is 0 Å². The maximum absolute atomic E-state index is 12.3. The quantitative estimate of drug-likeness (QED) is 0.518. The van der Waals surface area contributed by atoms with E-state index in [9.17, 15) is 8.78 Å². The largest absolute Gasteiger partial charge is 0.250 e. The molecule has 9 heavy (non-hydrogen) atoms. The van der Waals surface area contributed by atoms with E-state index in [1.807, 2.05) is 0 Å². The van der Waals surface area contributed by atoms with Crippen molar-refractivity contribution in [3.63, 3.8) is 0 Å². The topological polar surface area (TPSA) is 0 Å². The molecule has 0 aromatic carbocycles. The molecule has 1 unspecified atom stereocenters. The van der Waals surface area contributed by atoms with Crippen molar-refractivity contribution in [2.45, 2.75) is 6.92 Å². The first-order chi connectivity index (χ1) is 4.22. The van der Waals surface area contributed by atoms with Crippen LogP contribution in [0, 0.1) is 5.92 Å². The molecule has 0 amide bonds. The Kier molecular flexibility index (Phi) is 3.93. The number of alkyl halides is 1. The van der Waals surface area contributed by atoms with Crippen molar-refractivity contribution >= 4 is 0 Å². The van der Waals surface area contributed by atoms with Crippen LogP contribution < -0.4 is 0 Å². The van der Waals surface area contributed by atoms with Gasteiger partial charge in [0, 0.05) is 5.92 Å². The molecule has 0 heterocycles. The van der Waals surface area contributed by atoms with Gasteiger partial charge in [0.15, 0.2) is 0 Å². The van der Waals surface area contributed by atoms with Crippen molar-refractivity contribution in [3.8, 4) is 0 Å². The molecule has 0 nitrogen and oxygen atoms in total. The normalized spacial score (nSPS) is 15.2. The van der Waals surface area contributed by atoms with Crippen LogP contribution in [-0.4, -0.2) is 6.67 Å². The molecule has 1 atom stereocenters. The first-order valence-electron chi connectivity index (χ1n) is 2.76. The highest BCUT2D eigenvalue weighted by molar-refractivity contribution is 5.05. The Hall–Kier alpha value is -0.660. The van der Waals surface area contributed by atoms with Crippen molar-refractivity contribution < 1.29 is 8.78 Å². The standard InChI is InChI=1S/C7H10F2/c1-3-4-7(9)6(2)5-8/h3-4,6H,1,5H2,2H3/b7-4+. The smallest absolute Gasteiger partial charge is 0.105 e. The molecule has 0 saturated heterocycles. The first kappa shape index (κ1) is 8.34. The van der Waals surface area contributed by atoms with E-state index in [0.717, 1.165) is 0 Å². The van der Waals surface area contributed by atoms with Gasteiger partial charge in [0.25, 0.3) is 0 Å². The van der Waals surface area contributed by atoms with E-state index in [-0.39, 0.29) is 0 Å². The summed E-state index contributed by atoms with van der Waals surface area (Å²) < 4.78 is 24.0. The number of allylic oxidation sites excluding steroid dienone is 3. The van der Waals surface area contributed by atoms with E-state index in [2.05, 4.69) is 6.58 Å². The summed E-state index contributed by atoms with van der Waals surface area (Å²) in [6.07, 6.45) is 2.48. The predicted octanol–water partition coefficient (Wildman–Crippen LogP) is 2.63. The third-order valence-electron chi connectivity index (χ3n) is 0.979. The Morgan fingerprint density at radius 1 is 1.78 bits per heavy atom. The second-order valence-electron chi connectivity index (χ2n) is 1.84. The Bertz CT molecular complexity index is 116. The Morgan fingerprint density at radius 2 is 2.33 bits per heavy atom. The van der Waals surface area contributed by atoms with Crippen LogP contribution in [-0.2, 0) is 0 Å². The third kappa shape index (κ3) is 3.01. The molecule has 0 aromatic heterocycles. The lowest BCUT2D eigenvalue weighted by atomic mass is 10.2. The van der Waals surface area contributed by atoms with Crippen molar-refractivity contribution in [1.29, 1.82) is 0 Å². The van der Waals surface area contributed by atoms with Crippen molar-refractivity contribution in [2.24, 2.45) is 5.92 Å². The monoisotopic (exact) mass is 132 g/mol. The fourth-order valence-corrected chi connectivity index (χ4v) is 0.351. The van der Waals surface area contributed by atoms with Gasteiger partial charge in [-0.15, -0.1) is 0 Å². The molecule has 0 bridgehead atoms. The zero-order valence-corrected chi connectivity index (χ0v) is 5.40. The van der Waals surface area contributed by atoms with Crippen LogP contribution in [0.15, 0.2) is 24.6 Å². The molecular formula is C7H10F2. The van der Waals surface area contributed by atoms with Gasteiger partial charge in [-0.1, -0.05) is 19.6 Å². The lowest BCUT2D eigenvalue weighted by Gasteiger charge is -1.99. The van der Waals surface area contributed by atoms with E-state index in [1.54, 1.807) is 0 Å². The van der Waals surface area contributed by atoms with Gasteiger partial charge in [0.2, 0.25) is 0 Å². The summed E-state index contributed by atoms with van der Waals surface area (Å²) in [6.45, 7) is 4.10. The molecule has 0 rings (SSSR count). The summed E-state index contributed by atoms with van der Waals surface area (Å²) in [7, 11) is 0. The summed E-state index contributed by atoms with van der Waals surface area (Å²) in [4.78, 5) is 0. The molecule has 52 valence electrons. The van der Waals surface area contributed by atoms with E-state index in [4.69, 9.17) is 0 Å². The summed E-state index contributed by atoms with van der Waals surface area (Å²) in [5, 5.41) is 0. The maximum atomic E-state index is 12.3. The summed E-state index contributed by atoms with van der Waals surface area (Å²) in [6, 6.07) is 0. The highest BCUT2D eigenvalue weighted by Gasteiger charge is 2.04. The third-order valence-corrected chi connectivity index (χ3v) is 0.979. The van der Waals surface area contributed by atoms with Gasteiger partial charge in [-0.25, -0.2) is 4.39 Å². The molecule has 0 fully saturated rings. The number of hydrogen-bond donors (Lipinski definition) is 0. The molecule has 0 aromatic rings. The van der Waals surface area contributed by atoms with Gasteiger partial charge < -0.3 is 0 Å². The Labute approximate surface area is 53.9 Å². The first-order valence-corrected chi connectivity index (χ1v) is 2.76. The molecule has 2 heteroatoms. The SMILES string of the molecule is C=C/C=C(/F)C(C)CF. The van der Waals surface area contributed by atoms with Crippen molar-refractivity contribution in [3.05, 3.63) is 24.6 Å². The zero-order valence-electron chi connectivity index (χ0n) is 5.40. The van der Waals surface area contributed by atoms with Gasteiger partial charge in [0.1, 0.15) is 5.83 Å².